The Balaban J connectivity index is 1.95. The summed E-state index contributed by atoms with van der Waals surface area (Å²) < 4.78 is 12.0. The Hall–Kier alpha value is -1.83. The van der Waals surface area contributed by atoms with Crippen LogP contribution in [0, 0.1) is 0 Å². The predicted molar refractivity (Wildman–Crippen MR) is 120 cm³/mol. The minimum absolute atomic E-state index is 0.189. The molecule has 27 heavy (non-hydrogen) atoms. The Morgan fingerprint density at radius 1 is 1.04 bits per heavy atom. The first-order valence-electron chi connectivity index (χ1n) is 9.46. The third-order valence-corrected chi connectivity index (χ3v) is 12.4. The summed E-state index contributed by atoms with van der Waals surface area (Å²) in [5, 5.41) is 11.0. The summed E-state index contributed by atoms with van der Waals surface area (Å²) in [6, 6.07) is 15.3. The van der Waals surface area contributed by atoms with E-state index in [1.165, 1.54) is 10.8 Å². The average molecular weight is 401 g/mol. The molecule has 0 radical (unpaired) electrons. The molecule has 1 N–H and O–H groups in total. The van der Waals surface area contributed by atoms with E-state index in [0.717, 1.165) is 24.4 Å². The zero-order valence-electron chi connectivity index (χ0n) is 17.2. The van der Waals surface area contributed by atoms with Crippen molar-refractivity contribution in [2.24, 2.45) is 0 Å². The van der Waals surface area contributed by atoms with E-state index in [1.54, 1.807) is 13.2 Å². The number of hydrogen-bond donors (Lipinski definition) is 1. The minimum Gasteiger partial charge on any atom is -0.504 e. The summed E-state index contributed by atoms with van der Waals surface area (Å²) in [4.78, 5) is 0. The first-order chi connectivity index (χ1) is 12.7. The van der Waals surface area contributed by atoms with Crippen LogP contribution in [0.15, 0.2) is 49.0 Å². The lowest BCUT2D eigenvalue weighted by atomic mass is 10.1. The Morgan fingerprint density at radius 3 is 2.30 bits per heavy atom. The van der Waals surface area contributed by atoms with Crippen molar-refractivity contribution in [3.05, 3.63) is 60.2 Å². The quantitative estimate of drug-likeness (QED) is 0.580. The van der Waals surface area contributed by atoms with Crippen molar-refractivity contribution in [3.8, 4) is 11.5 Å². The molecule has 0 saturated heterocycles. The molecular formula is C22H32O3Si2. The lowest BCUT2D eigenvalue weighted by molar-refractivity contribution is 0.373. The van der Waals surface area contributed by atoms with Crippen molar-refractivity contribution in [2.75, 3.05) is 7.11 Å². The Morgan fingerprint density at radius 2 is 1.70 bits per heavy atom. The topological polar surface area (TPSA) is 38.7 Å². The third kappa shape index (κ3) is 6.09. The van der Waals surface area contributed by atoms with Gasteiger partial charge < -0.3 is 14.0 Å². The van der Waals surface area contributed by atoms with Crippen LogP contribution in [0.2, 0.25) is 32.2 Å². The van der Waals surface area contributed by atoms with Crippen LogP contribution in [-0.4, -0.2) is 28.9 Å². The zero-order valence-corrected chi connectivity index (χ0v) is 19.2. The van der Waals surface area contributed by atoms with E-state index in [2.05, 4.69) is 57.0 Å². The van der Waals surface area contributed by atoms with Gasteiger partial charge in [-0.1, -0.05) is 43.0 Å². The number of aryl methyl sites for hydroxylation is 1. The van der Waals surface area contributed by atoms with Gasteiger partial charge in [-0.25, -0.2) is 0 Å². The molecule has 0 unspecified atom stereocenters. The second-order valence-electron chi connectivity index (χ2n) is 8.06. The zero-order chi connectivity index (χ0) is 20.1. The van der Waals surface area contributed by atoms with E-state index >= 15 is 0 Å². The second kappa shape index (κ2) is 8.91. The summed E-state index contributed by atoms with van der Waals surface area (Å²) in [6.07, 6.45) is 3.91. The number of hydrogen-bond acceptors (Lipinski definition) is 3. The summed E-state index contributed by atoms with van der Waals surface area (Å²) >= 11 is 0. The summed E-state index contributed by atoms with van der Waals surface area (Å²) in [5.41, 5.74) is 2.33. The molecule has 0 aromatic heterocycles. The monoisotopic (exact) mass is 400 g/mol. The molecule has 0 spiro atoms. The summed E-state index contributed by atoms with van der Waals surface area (Å²) in [5.74, 6) is 0.728. The number of ether oxygens (including phenoxy) is 1. The van der Waals surface area contributed by atoms with Crippen LogP contribution >= 0.6 is 0 Å². The summed E-state index contributed by atoms with van der Waals surface area (Å²) in [7, 11) is -2.12. The smallest absolute Gasteiger partial charge is 0.205 e. The van der Waals surface area contributed by atoms with Gasteiger partial charge in [0.2, 0.25) is 8.32 Å². The predicted octanol–water partition coefficient (Wildman–Crippen LogP) is 5.31. The highest BCUT2D eigenvalue weighted by atomic mass is 28.4. The largest absolute Gasteiger partial charge is 0.504 e. The van der Waals surface area contributed by atoms with Crippen LogP contribution in [0.4, 0.5) is 0 Å². The molecule has 0 fully saturated rings. The highest BCUT2D eigenvalue weighted by Gasteiger charge is 2.34. The molecule has 0 aliphatic heterocycles. The van der Waals surface area contributed by atoms with Crippen molar-refractivity contribution in [1.29, 1.82) is 0 Å². The van der Waals surface area contributed by atoms with E-state index in [4.69, 9.17) is 8.85 Å². The fourth-order valence-electron chi connectivity index (χ4n) is 3.42. The van der Waals surface area contributed by atoms with Gasteiger partial charge in [0.15, 0.2) is 19.8 Å². The molecule has 0 aliphatic rings. The van der Waals surface area contributed by atoms with E-state index in [9.17, 15) is 5.11 Å². The van der Waals surface area contributed by atoms with Crippen LogP contribution < -0.4 is 9.92 Å². The van der Waals surface area contributed by atoms with E-state index in [0.29, 0.717) is 5.75 Å². The number of methoxy groups -OCH3 is 1. The molecule has 0 amide bonds. The molecule has 0 bridgehead atoms. The lowest BCUT2D eigenvalue weighted by Gasteiger charge is -2.34. The molecule has 2 rings (SSSR count). The maximum Gasteiger partial charge on any atom is 0.205 e. The van der Waals surface area contributed by atoms with E-state index < -0.39 is 16.6 Å². The first-order valence-corrected chi connectivity index (χ1v) is 15.5. The molecule has 3 nitrogen and oxygen atoms in total. The number of aromatic hydroxyl groups is 1. The van der Waals surface area contributed by atoms with E-state index in [1.807, 2.05) is 18.2 Å². The summed E-state index contributed by atoms with van der Waals surface area (Å²) in [6.45, 7) is 13.0. The second-order valence-corrected chi connectivity index (χ2v) is 16.5. The number of benzene rings is 2. The molecule has 0 saturated carbocycles. The molecule has 0 atom stereocenters. The van der Waals surface area contributed by atoms with Crippen molar-refractivity contribution in [2.45, 2.75) is 45.1 Å². The molecule has 5 heteroatoms. The van der Waals surface area contributed by atoms with Crippen LogP contribution in [-0.2, 0) is 10.5 Å². The molecular weight excluding hydrogens is 368 g/mol. The van der Waals surface area contributed by atoms with Crippen molar-refractivity contribution in [1.82, 2.24) is 0 Å². The molecule has 0 aliphatic carbocycles. The third-order valence-electron chi connectivity index (χ3n) is 4.86. The fraction of sp³-hybridized carbons (Fsp3) is 0.364. The molecule has 0 heterocycles. The Bertz CT molecular complexity index is 768. The van der Waals surface area contributed by atoms with Gasteiger partial charge in [0.05, 0.1) is 7.11 Å². The van der Waals surface area contributed by atoms with Crippen molar-refractivity contribution >= 4 is 27.9 Å². The van der Waals surface area contributed by atoms with Crippen molar-refractivity contribution < 1.29 is 14.0 Å². The number of phenols is 1. The normalized spacial score (nSPS) is 12.0. The molecule has 2 aromatic carbocycles. The highest BCUT2D eigenvalue weighted by molar-refractivity contribution is 6.92. The van der Waals surface area contributed by atoms with Crippen LogP contribution in [0.5, 0.6) is 11.5 Å². The lowest BCUT2D eigenvalue weighted by Crippen LogP contribution is -2.52. The highest BCUT2D eigenvalue weighted by Crippen LogP contribution is 2.28. The Kier molecular flexibility index (Phi) is 7.09. The van der Waals surface area contributed by atoms with Gasteiger partial charge in [-0.3, -0.25) is 0 Å². The number of phenolic OH excluding ortho intramolecular Hbond substituents is 1. The van der Waals surface area contributed by atoms with Crippen LogP contribution in [0.1, 0.15) is 17.5 Å². The SMILES string of the molecule is C=Cc1ccc([Si](C)(C)O[Si](C)(C)CCCc2ccc(O)c(OC)c2)cc1. The van der Waals surface area contributed by atoms with Gasteiger partial charge >= 0.3 is 0 Å². The first kappa shape index (κ1) is 21.5. The van der Waals surface area contributed by atoms with Gasteiger partial charge in [0.1, 0.15) is 0 Å². The average Bonchev–Trinajstić information content (AvgIpc) is 2.62. The molecule has 146 valence electrons. The van der Waals surface area contributed by atoms with Gasteiger partial charge in [-0.15, -0.1) is 0 Å². The van der Waals surface area contributed by atoms with E-state index in [-0.39, 0.29) is 5.75 Å². The molecule has 2 aromatic rings. The van der Waals surface area contributed by atoms with Gasteiger partial charge in [0, 0.05) is 0 Å². The maximum absolute atomic E-state index is 9.72. The standard InChI is InChI=1S/C22H32O3Si2/c1-7-18-10-13-20(14-11-18)27(5,6)25-26(3,4)16-8-9-19-12-15-21(23)22(17-19)24-2/h7,10-15,17,23H,1,8-9,16H2,2-6H3. The maximum atomic E-state index is 9.72. The van der Waals surface area contributed by atoms with Crippen molar-refractivity contribution in [3.63, 3.8) is 0 Å². The van der Waals surface area contributed by atoms with Crippen LogP contribution in [0.25, 0.3) is 6.08 Å². The number of rotatable bonds is 9. The van der Waals surface area contributed by atoms with Gasteiger partial charge in [-0.05, 0) is 73.5 Å². The van der Waals surface area contributed by atoms with Gasteiger partial charge in [0.25, 0.3) is 0 Å². The Labute approximate surface area is 165 Å². The minimum atomic E-state index is -1.93. The van der Waals surface area contributed by atoms with Crippen LogP contribution in [0.3, 0.4) is 0 Å². The fourth-order valence-corrected chi connectivity index (χ4v) is 11.8. The van der Waals surface area contributed by atoms with Gasteiger partial charge in [-0.2, -0.15) is 0 Å².